The summed E-state index contributed by atoms with van der Waals surface area (Å²) in [4.78, 5) is 24.8. The van der Waals surface area contributed by atoms with Crippen molar-refractivity contribution in [2.24, 2.45) is 0 Å². The summed E-state index contributed by atoms with van der Waals surface area (Å²) >= 11 is 46.1. The zero-order valence-corrected chi connectivity index (χ0v) is 20.1. The fourth-order valence-corrected chi connectivity index (χ4v) is 5.63. The zero-order valence-electron chi connectivity index (χ0n) is 12.4. The number of carbonyl (C=O) groups excluding carboxylic acids is 2. The summed E-state index contributed by atoms with van der Waals surface area (Å²) in [6.45, 7) is 0. The average molecular weight is 586 g/mol. The van der Waals surface area contributed by atoms with Crippen LogP contribution in [0.5, 0.6) is 0 Å². The van der Waals surface area contributed by atoms with Crippen molar-refractivity contribution in [2.75, 3.05) is 0 Å². The predicted octanol–water partition coefficient (Wildman–Crippen LogP) is 9.55. The molecular formula is C14Cl8F2O2S2. The maximum atomic E-state index is 13.7. The van der Waals surface area contributed by atoms with Crippen molar-refractivity contribution >= 4 is 125 Å². The molecule has 0 spiro atoms. The molecule has 2 nitrogen and oxygen atoms in total. The predicted molar refractivity (Wildman–Crippen MR) is 117 cm³/mol. The molecule has 2 aromatic carbocycles. The van der Waals surface area contributed by atoms with Gasteiger partial charge in [-0.2, -0.15) is 0 Å². The summed E-state index contributed by atoms with van der Waals surface area (Å²) < 4.78 is 27.5. The molecule has 0 unspecified atom stereocenters. The minimum absolute atomic E-state index is 0.340. The Morgan fingerprint density at radius 1 is 0.500 bits per heavy atom. The molecule has 2 rings (SSSR count). The number of halogens is 10. The lowest BCUT2D eigenvalue weighted by molar-refractivity contribution is 0.107. The fourth-order valence-electron chi connectivity index (χ4n) is 1.73. The van der Waals surface area contributed by atoms with Gasteiger partial charge in [0.1, 0.15) is 0 Å². The van der Waals surface area contributed by atoms with Crippen molar-refractivity contribution in [2.45, 2.75) is 0 Å². The lowest BCUT2D eigenvalue weighted by Crippen LogP contribution is -2.02. The summed E-state index contributed by atoms with van der Waals surface area (Å²) in [5.74, 6) is -2.20. The van der Waals surface area contributed by atoms with Crippen LogP contribution in [0.1, 0.15) is 20.7 Å². The van der Waals surface area contributed by atoms with Gasteiger partial charge in [-0.1, -0.05) is 92.8 Å². The van der Waals surface area contributed by atoms with E-state index in [-0.39, 0.29) is 0 Å². The Bertz CT molecular complexity index is 892. The largest absolute Gasteiger partial charge is 0.281 e. The molecule has 0 fully saturated rings. The quantitative estimate of drug-likeness (QED) is 0.200. The zero-order chi connectivity index (χ0) is 21.5. The second kappa shape index (κ2) is 9.86. The average Bonchev–Trinajstić information content (AvgIpc) is 2.66. The fraction of sp³-hybridized carbons (Fsp3) is 0. The minimum Gasteiger partial charge on any atom is -0.281 e. The van der Waals surface area contributed by atoms with E-state index in [1.165, 1.54) is 0 Å². The van der Waals surface area contributed by atoms with Crippen LogP contribution < -0.4 is 0 Å². The van der Waals surface area contributed by atoms with Crippen molar-refractivity contribution in [1.82, 2.24) is 0 Å². The maximum Gasteiger partial charge on any atom is 0.233 e. The summed E-state index contributed by atoms with van der Waals surface area (Å²) in [5, 5.41) is -6.12. The Balaban J connectivity index is 2.34. The second-order valence-electron chi connectivity index (χ2n) is 4.63. The number of benzene rings is 2. The van der Waals surface area contributed by atoms with E-state index < -0.39 is 73.2 Å². The van der Waals surface area contributed by atoms with Crippen LogP contribution in [0.3, 0.4) is 0 Å². The first kappa shape index (κ1) is 24.9. The van der Waals surface area contributed by atoms with E-state index >= 15 is 0 Å². The topological polar surface area (TPSA) is 34.1 Å². The molecule has 0 aliphatic carbocycles. The molecule has 0 saturated carbocycles. The minimum atomic E-state index is -1.10. The van der Waals surface area contributed by atoms with Crippen LogP contribution in [0, 0.1) is 11.6 Å². The van der Waals surface area contributed by atoms with E-state index in [1.807, 2.05) is 0 Å². The lowest BCUT2D eigenvalue weighted by Gasteiger charge is -2.11. The van der Waals surface area contributed by atoms with Gasteiger partial charge in [0.15, 0.2) is 11.6 Å². The Kier molecular flexibility index (Phi) is 8.77. The van der Waals surface area contributed by atoms with Crippen LogP contribution in [-0.2, 0) is 0 Å². The summed E-state index contributed by atoms with van der Waals surface area (Å²) in [7, 11) is 0.680. The molecule has 0 aliphatic heterocycles. The van der Waals surface area contributed by atoms with Gasteiger partial charge in [-0.3, -0.25) is 9.59 Å². The third kappa shape index (κ3) is 4.62. The van der Waals surface area contributed by atoms with Crippen LogP contribution >= 0.6 is 114 Å². The van der Waals surface area contributed by atoms with Crippen LogP contribution in [0.4, 0.5) is 8.78 Å². The highest BCUT2D eigenvalue weighted by atomic mass is 35.5. The van der Waals surface area contributed by atoms with Crippen molar-refractivity contribution in [3.8, 4) is 0 Å². The number of hydrogen-bond donors (Lipinski definition) is 0. The monoisotopic (exact) mass is 582 g/mol. The van der Waals surface area contributed by atoms with Gasteiger partial charge in [-0.15, -0.1) is 0 Å². The van der Waals surface area contributed by atoms with Crippen molar-refractivity contribution in [1.29, 1.82) is 0 Å². The number of rotatable bonds is 2. The van der Waals surface area contributed by atoms with Gasteiger partial charge in [0.2, 0.25) is 10.2 Å². The molecule has 0 radical (unpaired) electrons. The molecule has 14 heteroatoms. The first-order valence-electron chi connectivity index (χ1n) is 6.37. The van der Waals surface area contributed by atoms with E-state index in [4.69, 9.17) is 92.8 Å². The van der Waals surface area contributed by atoms with E-state index in [0.29, 0.717) is 21.6 Å². The van der Waals surface area contributed by atoms with E-state index in [0.717, 1.165) is 0 Å². The Morgan fingerprint density at radius 3 is 0.929 bits per heavy atom. The molecule has 28 heavy (non-hydrogen) atoms. The highest BCUT2D eigenvalue weighted by Crippen LogP contribution is 2.46. The first-order valence-corrected chi connectivity index (χ1v) is 11.5. The van der Waals surface area contributed by atoms with Crippen molar-refractivity contribution in [3.05, 3.63) is 62.9 Å². The van der Waals surface area contributed by atoms with Gasteiger partial charge >= 0.3 is 0 Å². The van der Waals surface area contributed by atoms with Crippen LogP contribution in [0.25, 0.3) is 0 Å². The molecule has 2 aromatic rings. The maximum absolute atomic E-state index is 13.7. The molecule has 0 heterocycles. The first-order chi connectivity index (χ1) is 12.9. The molecule has 0 N–H and O–H groups in total. The normalized spacial score (nSPS) is 11.1. The van der Waals surface area contributed by atoms with Gasteiger partial charge in [0.25, 0.3) is 0 Å². The number of hydrogen-bond acceptors (Lipinski definition) is 4. The molecule has 0 bridgehead atoms. The molecule has 0 atom stereocenters. The number of carbonyl (C=O) groups is 2. The van der Waals surface area contributed by atoms with E-state index in [9.17, 15) is 18.4 Å². The Hall–Kier alpha value is 0.660. The van der Waals surface area contributed by atoms with Gasteiger partial charge in [-0.25, -0.2) is 8.78 Å². The summed E-state index contributed by atoms with van der Waals surface area (Å²) in [5.41, 5.74) is -0.810. The van der Waals surface area contributed by atoms with Crippen molar-refractivity contribution < 1.29 is 18.4 Å². The van der Waals surface area contributed by atoms with Crippen LogP contribution in [-0.4, -0.2) is 10.2 Å². The Morgan fingerprint density at radius 2 is 0.714 bits per heavy atom. The SMILES string of the molecule is O=C(SSC(=O)c1c(Cl)c(Cl)c(F)c(Cl)c1Cl)c1c(Cl)c(Cl)c(F)c(Cl)c1Cl. The van der Waals surface area contributed by atoms with Gasteiger partial charge in [0.05, 0.1) is 51.3 Å². The van der Waals surface area contributed by atoms with Gasteiger partial charge in [-0.05, 0) is 21.6 Å². The standard InChI is InChI=1S/C14Cl8F2O2S2/c15-3-1(4(16)8(20)11(23)7(3)19)13(25)27-28-14(26)2-5(17)9(21)12(24)10(22)6(2)18. The van der Waals surface area contributed by atoms with Gasteiger partial charge in [0, 0.05) is 0 Å². The Labute approximate surface area is 204 Å². The third-order valence-electron chi connectivity index (χ3n) is 3.02. The molecule has 150 valence electrons. The second-order valence-corrected chi connectivity index (χ2v) is 9.73. The molecule has 0 aliphatic rings. The van der Waals surface area contributed by atoms with Gasteiger partial charge < -0.3 is 0 Å². The van der Waals surface area contributed by atoms with Crippen LogP contribution in [0.2, 0.25) is 40.2 Å². The van der Waals surface area contributed by atoms with Crippen molar-refractivity contribution in [3.63, 3.8) is 0 Å². The highest BCUT2D eigenvalue weighted by molar-refractivity contribution is 8.87. The van der Waals surface area contributed by atoms with E-state index in [2.05, 4.69) is 0 Å². The molecular weight excluding hydrogens is 586 g/mol. The smallest absolute Gasteiger partial charge is 0.233 e. The van der Waals surface area contributed by atoms with Crippen LogP contribution in [0.15, 0.2) is 0 Å². The molecule has 0 saturated heterocycles. The molecule has 0 aromatic heterocycles. The summed E-state index contributed by atoms with van der Waals surface area (Å²) in [6.07, 6.45) is 0. The lowest BCUT2D eigenvalue weighted by atomic mass is 10.2. The van der Waals surface area contributed by atoms with E-state index in [1.54, 1.807) is 0 Å². The highest BCUT2D eigenvalue weighted by Gasteiger charge is 2.29. The third-order valence-corrected chi connectivity index (χ3v) is 8.29. The summed E-state index contributed by atoms with van der Waals surface area (Å²) in [6, 6.07) is 0. The molecule has 0 amide bonds.